The molecule has 0 amide bonds. The molecule has 0 bridgehead atoms. The minimum Gasteiger partial charge on any atom is -0.313 e. The van der Waals surface area contributed by atoms with E-state index in [4.69, 9.17) is 0 Å². The Bertz CT molecular complexity index is 435. The molecule has 0 aliphatic rings. The molecule has 1 N–H and O–H groups in total. The van der Waals surface area contributed by atoms with Gasteiger partial charge in [-0.2, -0.15) is 0 Å². The van der Waals surface area contributed by atoms with E-state index in [-0.39, 0.29) is 11.5 Å². The summed E-state index contributed by atoms with van der Waals surface area (Å²) < 4.78 is 27.3. The molecule has 1 rings (SSSR count). The Morgan fingerprint density at radius 3 is 2.21 bits per heavy atom. The van der Waals surface area contributed by atoms with Gasteiger partial charge in [-0.3, -0.25) is 0 Å². The van der Waals surface area contributed by atoms with Crippen molar-refractivity contribution < 1.29 is 8.78 Å². The summed E-state index contributed by atoms with van der Waals surface area (Å²) in [5, 5.41) is 3.15. The van der Waals surface area contributed by atoms with E-state index < -0.39 is 11.6 Å². The van der Waals surface area contributed by atoms with Crippen molar-refractivity contribution in [2.45, 2.75) is 47.1 Å². The number of hydrogen-bond donors (Lipinski definition) is 1. The molecule has 0 fully saturated rings. The van der Waals surface area contributed by atoms with Crippen LogP contribution in [0.4, 0.5) is 8.78 Å². The van der Waals surface area contributed by atoms with Crippen molar-refractivity contribution in [1.29, 1.82) is 0 Å². The monoisotopic (exact) mass is 269 g/mol. The topological polar surface area (TPSA) is 12.0 Å². The standard InChI is InChI=1S/C16H25F2N/c1-10-7-12(14(18)9-13(10)17)15(19-6)8-11(2)16(3,4)5/h7,9,11,15,19H,8H2,1-6H3. The zero-order valence-corrected chi connectivity index (χ0v) is 12.8. The summed E-state index contributed by atoms with van der Waals surface area (Å²) in [4.78, 5) is 0. The summed E-state index contributed by atoms with van der Waals surface area (Å²) in [6.45, 7) is 10.4. The fraction of sp³-hybridized carbons (Fsp3) is 0.625. The van der Waals surface area contributed by atoms with E-state index in [1.165, 1.54) is 0 Å². The van der Waals surface area contributed by atoms with Crippen molar-refractivity contribution in [3.63, 3.8) is 0 Å². The molecule has 0 spiro atoms. The first-order valence-electron chi connectivity index (χ1n) is 6.79. The molecular weight excluding hydrogens is 244 g/mol. The maximum atomic E-state index is 13.9. The van der Waals surface area contributed by atoms with Gasteiger partial charge in [-0.15, -0.1) is 0 Å². The molecule has 2 atom stereocenters. The zero-order chi connectivity index (χ0) is 14.8. The summed E-state index contributed by atoms with van der Waals surface area (Å²) in [6.07, 6.45) is 0.821. The van der Waals surface area contributed by atoms with Crippen LogP contribution in [-0.4, -0.2) is 7.05 Å². The highest BCUT2D eigenvalue weighted by Gasteiger charge is 2.25. The molecule has 0 aliphatic carbocycles. The lowest BCUT2D eigenvalue weighted by atomic mass is 9.77. The highest BCUT2D eigenvalue weighted by atomic mass is 19.1. The van der Waals surface area contributed by atoms with Crippen molar-refractivity contribution >= 4 is 0 Å². The molecule has 2 unspecified atom stereocenters. The highest BCUT2D eigenvalue weighted by molar-refractivity contribution is 5.28. The summed E-state index contributed by atoms with van der Waals surface area (Å²) >= 11 is 0. The van der Waals surface area contributed by atoms with Crippen molar-refractivity contribution in [3.8, 4) is 0 Å². The first-order chi connectivity index (χ1) is 8.66. The van der Waals surface area contributed by atoms with Crippen molar-refractivity contribution in [1.82, 2.24) is 5.32 Å². The van der Waals surface area contributed by atoms with Gasteiger partial charge in [0.05, 0.1) is 0 Å². The van der Waals surface area contributed by atoms with Gasteiger partial charge < -0.3 is 5.32 Å². The summed E-state index contributed by atoms with van der Waals surface area (Å²) in [6, 6.07) is 2.51. The van der Waals surface area contributed by atoms with Gasteiger partial charge in [-0.1, -0.05) is 27.7 Å². The first kappa shape index (κ1) is 16.1. The molecule has 0 aliphatic heterocycles. The van der Waals surface area contributed by atoms with E-state index in [1.54, 1.807) is 13.0 Å². The Morgan fingerprint density at radius 2 is 1.74 bits per heavy atom. The van der Waals surface area contributed by atoms with Crippen molar-refractivity contribution in [2.24, 2.45) is 11.3 Å². The van der Waals surface area contributed by atoms with E-state index in [0.29, 0.717) is 17.0 Å². The summed E-state index contributed by atoms with van der Waals surface area (Å²) in [5.74, 6) is -0.529. The Balaban J connectivity index is 3.01. The molecule has 1 aromatic rings. The van der Waals surface area contributed by atoms with E-state index in [9.17, 15) is 8.78 Å². The van der Waals surface area contributed by atoms with Crippen LogP contribution in [0.3, 0.4) is 0 Å². The van der Waals surface area contributed by atoms with Gasteiger partial charge in [-0.05, 0) is 43.4 Å². The molecular formula is C16H25F2N. The third-order valence-electron chi connectivity index (χ3n) is 4.07. The molecule has 3 heteroatoms. The van der Waals surface area contributed by atoms with Gasteiger partial charge >= 0.3 is 0 Å². The Kier molecular flexibility index (Phi) is 5.08. The van der Waals surface area contributed by atoms with E-state index in [1.807, 2.05) is 7.05 Å². The Labute approximate surface area is 115 Å². The maximum absolute atomic E-state index is 13.9. The largest absolute Gasteiger partial charge is 0.313 e. The highest BCUT2D eigenvalue weighted by Crippen LogP contribution is 2.34. The van der Waals surface area contributed by atoms with E-state index >= 15 is 0 Å². The molecule has 19 heavy (non-hydrogen) atoms. The molecule has 0 saturated carbocycles. The summed E-state index contributed by atoms with van der Waals surface area (Å²) in [7, 11) is 1.82. The van der Waals surface area contributed by atoms with Crippen LogP contribution in [0.2, 0.25) is 0 Å². The number of hydrogen-bond acceptors (Lipinski definition) is 1. The number of benzene rings is 1. The normalized spacial score (nSPS) is 15.4. The van der Waals surface area contributed by atoms with Gasteiger partial charge in [0.2, 0.25) is 0 Å². The lowest BCUT2D eigenvalue weighted by Gasteiger charge is -2.31. The fourth-order valence-corrected chi connectivity index (χ4v) is 2.05. The lowest BCUT2D eigenvalue weighted by molar-refractivity contribution is 0.224. The Hall–Kier alpha value is -0.960. The van der Waals surface area contributed by atoms with Gasteiger partial charge in [0.25, 0.3) is 0 Å². The maximum Gasteiger partial charge on any atom is 0.130 e. The average Bonchev–Trinajstić information content (AvgIpc) is 2.29. The number of halogens is 2. The SMILES string of the molecule is CNC(CC(C)C(C)(C)C)c1cc(C)c(F)cc1F. The van der Waals surface area contributed by atoms with Gasteiger partial charge in [-0.25, -0.2) is 8.78 Å². The fourth-order valence-electron chi connectivity index (χ4n) is 2.05. The molecule has 1 aromatic carbocycles. The van der Waals surface area contributed by atoms with E-state index in [0.717, 1.165) is 12.5 Å². The average molecular weight is 269 g/mol. The van der Waals surface area contributed by atoms with Gasteiger partial charge in [0.1, 0.15) is 11.6 Å². The van der Waals surface area contributed by atoms with Crippen LogP contribution >= 0.6 is 0 Å². The van der Waals surface area contributed by atoms with Crippen LogP contribution in [0.15, 0.2) is 12.1 Å². The summed E-state index contributed by atoms with van der Waals surface area (Å²) in [5.41, 5.74) is 1.21. The second kappa shape index (κ2) is 6.00. The predicted molar refractivity (Wildman–Crippen MR) is 76.1 cm³/mol. The number of nitrogens with one attached hydrogen (secondary N) is 1. The second-order valence-corrected chi connectivity index (χ2v) is 6.47. The molecule has 0 saturated heterocycles. The van der Waals surface area contributed by atoms with Crippen LogP contribution < -0.4 is 5.32 Å². The van der Waals surface area contributed by atoms with Crippen LogP contribution in [0.5, 0.6) is 0 Å². The smallest absolute Gasteiger partial charge is 0.130 e. The van der Waals surface area contributed by atoms with Crippen LogP contribution in [-0.2, 0) is 0 Å². The van der Waals surface area contributed by atoms with Gasteiger partial charge in [0.15, 0.2) is 0 Å². The van der Waals surface area contributed by atoms with E-state index in [2.05, 4.69) is 33.0 Å². The number of rotatable bonds is 4. The number of aryl methyl sites for hydroxylation is 1. The van der Waals surface area contributed by atoms with Crippen molar-refractivity contribution in [3.05, 3.63) is 34.9 Å². The zero-order valence-electron chi connectivity index (χ0n) is 12.8. The minimum absolute atomic E-state index is 0.0893. The lowest BCUT2D eigenvalue weighted by Crippen LogP contribution is -2.26. The molecule has 0 heterocycles. The Morgan fingerprint density at radius 1 is 1.16 bits per heavy atom. The predicted octanol–water partition coefficient (Wildman–Crippen LogP) is 4.61. The van der Waals surface area contributed by atoms with Crippen LogP contribution in [0.25, 0.3) is 0 Å². The third kappa shape index (κ3) is 4.00. The van der Waals surface area contributed by atoms with Crippen LogP contribution in [0.1, 0.15) is 51.3 Å². The quantitative estimate of drug-likeness (QED) is 0.842. The molecule has 1 nitrogen and oxygen atoms in total. The van der Waals surface area contributed by atoms with Gasteiger partial charge in [0, 0.05) is 17.7 Å². The van der Waals surface area contributed by atoms with Crippen molar-refractivity contribution in [2.75, 3.05) is 7.05 Å². The molecule has 0 aromatic heterocycles. The second-order valence-electron chi connectivity index (χ2n) is 6.47. The first-order valence-corrected chi connectivity index (χ1v) is 6.79. The third-order valence-corrected chi connectivity index (χ3v) is 4.07. The molecule has 0 radical (unpaired) electrons. The van der Waals surface area contributed by atoms with Crippen LogP contribution in [0, 0.1) is 29.9 Å². The minimum atomic E-state index is -0.486. The molecule has 108 valence electrons.